The van der Waals surface area contributed by atoms with Gasteiger partial charge >= 0.3 is 0 Å². The van der Waals surface area contributed by atoms with Crippen molar-refractivity contribution >= 4 is 6.29 Å². The van der Waals surface area contributed by atoms with Gasteiger partial charge in [-0.25, -0.2) is 0 Å². The molecule has 0 radical (unpaired) electrons. The van der Waals surface area contributed by atoms with Gasteiger partial charge in [-0.15, -0.1) is 0 Å². The predicted octanol–water partition coefficient (Wildman–Crippen LogP) is 3.09. The summed E-state index contributed by atoms with van der Waals surface area (Å²) in [6, 6.07) is 9.91. The molecule has 0 saturated heterocycles. The van der Waals surface area contributed by atoms with Crippen LogP contribution in [0.3, 0.4) is 0 Å². The van der Waals surface area contributed by atoms with Crippen LogP contribution >= 0.6 is 0 Å². The molecule has 0 saturated carbocycles. The second kappa shape index (κ2) is 5.45. The van der Waals surface area contributed by atoms with Crippen molar-refractivity contribution in [1.29, 1.82) is 0 Å². The SMILES string of the molecule is Cc1ncc(C=O)c(C)c1OCc1ccccc1. The Morgan fingerprint density at radius 3 is 2.61 bits per heavy atom. The van der Waals surface area contributed by atoms with E-state index in [9.17, 15) is 4.79 Å². The topological polar surface area (TPSA) is 39.2 Å². The number of aldehydes is 1. The molecule has 92 valence electrons. The molecule has 0 aliphatic rings. The van der Waals surface area contributed by atoms with Crippen LogP contribution in [-0.2, 0) is 6.61 Å². The number of carbonyl (C=O) groups is 1. The van der Waals surface area contributed by atoms with Gasteiger partial charge in [-0.1, -0.05) is 30.3 Å². The van der Waals surface area contributed by atoms with Crippen molar-refractivity contribution in [3.05, 3.63) is 58.9 Å². The van der Waals surface area contributed by atoms with Crippen molar-refractivity contribution in [2.45, 2.75) is 20.5 Å². The first-order valence-corrected chi connectivity index (χ1v) is 5.80. The number of rotatable bonds is 4. The summed E-state index contributed by atoms with van der Waals surface area (Å²) in [7, 11) is 0. The van der Waals surface area contributed by atoms with Crippen molar-refractivity contribution in [2.24, 2.45) is 0 Å². The Balaban J connectivity index is 2.21. The van der Waals surface area contributed by atoms with Crippen LogP contribution in [0.15, 0.2) is 36.5 Å². The number of aryl methyl sites for hydroxylation is 1. The summed E-state index contributed by atoms with van der Waals surface area (Å²) in [5.41, 5.74) is 3.30. The van der Waals surface area contributed by atoms with Crippen LogP contribution in [-0.4, -0.2) is 11.3 Å². The van der Waals surface area contributed by atoms with E-state index >= 15 is 0 Å². The molecule has 18 heavy (non-hydrogen) atoms. The minimum absolute atomic E-state index is 0.479. The van der Waals surface area contributed by atoms with E-state index in [1.165, 1.54) is 0 Å². The lowest BCUT2D eigenvalue weighted by Crippen LogP contribution is -2.02. The third-order valence-electron chi connectivity index (χ3n) is 2.85. The second-order valence-electron chi connectivity index (χ2n) is 4.15. The molecule has 1 aromatic heterocycles. The molecule has 1 aromatic carbocycles. The molecular formula is C15H15NO2. The molecular weight excluding hydrogens is 226 g/mol. The predicted molar refractivity (Wildman–Crippen MR) is 69.9 cm³/mol. The van der Waals surface area contributed by atoms with Crippen LogP contribution in [0.4, 0.5) is 0 Å². The summed E-state index contributed by atoms with van der Waals surface area (Å²) in [5.74, 6) is 0.698. The Hall–Kier alpha value is -2.16. The number of pyridine rings is 1. The lowest BCUT2D eigenvalue weighted by molar-refractivity contribution is 0.112. The average Bonchev–Trinajstić information content (AvgIpc) is 2.40. The summed E-state index contributed by atoms with van der Waals surface area (Å²) < 4.78 is 5.77. The Morgan fingerprint density at radius 2 is 1.94 bits per heavy atom. The lowest BCUT2D eigenvalue weighted by Gasteiger charge is -2.12. The minimum Gasteiger partial charge on any atom is -0.487 e. The number of ether oxygens (including phenoxy) is 1. The van der Waals surface area contributed by atoms with Crippen molar-refractivity contribution in [3.8, 4) is 5.75 Å². The number of nitrogens with zero attached hydrogens (tertiary/aromatic N) is 1. The highest BCUT2D eigenvalue weighted by Gasteiger charge is 2.09. The van der Waals surface area contributed by atoms with Crippen molar-refractivity contribution in [3.63, 3.8) is 0 Å². The van der Waals surface area contributed by atoms with Gasteiger partial charge in [-0.3, -0.25) is 9.78 Å². The van der Waals surface area contributed by atoms with Gasteiger partial charge in [0.1, 0.15) is 12.4 Å². The van der Waals surface area contributed by atoms with Gasteiger partial charge in [0.25, 0.3) is 0 Å². The third kappa shape index (κ3) is 2.56. The summed E-state index contributed by atoms with van der Waals surface area (Å²) in [4.78, 5) is 15.0. The zero-order chi connectivity index (χ0) is 13.0. The van der Waals surface area contributed by atoms with E-state index < -0.39 is 0 Å². The molecule has 3 heteroatoms. The Morgan fingerprint density at radius 1 is 1.22 bits per heavy atom. The first-order valence-electron chi connectivity index (χ1n) is 5.80. The molecule has 3 nitrogen and oxygen atoms in total. The fourth-order valence-corrected chi connectivity index (χ4v) is 1.79. The van der Waals surface area contributed by atoms with Crippen LogP contribution in [0.5, 0.6) is 5.75 Å². The zero-order valence-corrected chi connectivity index (χ0v) is 10.5. The summed E-state index contributed by atoms with van der Waals surface area (Å²) in [5, 5.41) is 0. The highest BCUT2D eigenvalue weighted by Crippen LogP contribution is 2.24. The molecule has 2 rings (SSSR count). The molecule has 0 aliphatic heterocycles. The van der Waals surface area contributed by atoms with Gasteiger partial charge in [-0.2, -0.15) is 0 Å². The minimum atomic E-state index is 0.479. The smallest absolute Gasteiger partial charge is 0.152 e. The summed E-state index contributed by atoms with van der Waals surface area (Å²) >= 11 is 0. The van der Waals surface area contributed by atoms with Gasteiger partial charge in [-0.05, 0) is 19.4 Å². The van der Waals surface area contributed by atoms with E-state index in [4.69, 9.17) is 4.74 Å². The number of hydrogen-bond donors (Lipinski definition) is 0. The second-order valence-corrected chi connectivity index (χ2v) is 4.15. The van der Waals surface area contributed by atoms with Crippen LogP contribution in [0.2, 0.25) is 0 Å². The largest absolute Gasteiger partial charge is 0.487 e. The molecule has 0 fully saturated rings. The van der Waals surface area contributed by atoms with E-state index in [-0.39, 0.29) is 0 Å². The van der Waals surface area contributed by atoms with Crippen molar-refractivity contribution in [1.82, 2.24) is 4.98 Å². The molecule has 2 aromatic rings. The van der Waals surface area contributed by atoms with Gasteiger partial charge in [0.05, 0.1) is 5.69 Å². The normalized spacial score (nSPS) is 10.1. The Labute approximate surface area is 106 Å². The third-order valence-corrected chi connectivity index (χ3v) is 2.85. The maximum absolute atomic E-state index is 10.9. The molecule has 0 aliphatic carbocycles. The molecule has 0 atom stereocenters. The fourth-order valence-electron chi connectivity index (χ4n) is 1.79. The highest BCUT2D eigenvalue weighted by atomic mass is 16.5. The summed E-state index contributed by atoms with van der Waals surface area (Å²) in [6.45, 7) is 4.23. The summed E-state index contributed by atoms with van der Waals surface area (Å²) in [6.07, 6.45) is 2.38. The molecule has 0 bridgehead atoms. The van der Waals surface area contributed by atoms with Gasteiger partial charge in [0.15, 0.2) is 6.29 Å². The molecule has 0 N–H and O–H groups in total. The van der Waals surface area contributed by atoms with Crippen LogP contribution in [0.1, 0.15) is 27.2 Å². The fraction of sp³-hybridized carbons (Fsp3) is 0.200. The first-order chi connectivity index (χ1) is 8.72. The quantitative estimate of drug-likeness (QED) is 0.772. The number of carbonyl (C=O) groups excluding carboxylic acids is 1. The molecule has 0 unspecified atom stereocenters. The Bertz CT molecular complexity index is 550. The first kappa shape index (κ1) is 12.3. The van der Waals surface area contributed by atoms with E-state index in [2.05, 4.69) is 4.98 Å². The van der Waals surface area contributed by atoms with Crippen LogP contribution in [0, 0.1) is 13.8 Å². The van der Waals surface area contributed by atoms with Crippen LogP contribution < -0.4 is 4.74 Å². The van der Waals surface area contributed by atoms with Gasteiger partial charge in [0.2, 0.25) is 0 Å². The number of aromatic nitrogens is 1. The highest BCUT2D eigenvalue weighted by molar-refractivity contribution is 5.78. The van der Waals surface area contributed by atoms with E-state index in [1.54, 1.807) is 6.20 Å². The lowest BCUT2D eigenvalue weighted by atomic mass is 10.1. The average molecular weight is 241 g/mol. The molecule has 1 heterocycles. The molecule has 0 amide bonds. The van der Waals surface area contributed by atoms with Crippen molar-refractivity contribution in [2.75, 3.05) is 0 Å². The van der Waals surface area contributed by atoms with Gasteiger partial charge in [0, 0.05) is 17.3 Å². The van der Waals surface area contributed by atoms with Crippen LogP contribution in [0.25, 0.3) is 0 Å². The number of benzene rings is 1. The van der Waals surface area contributed by atoms with E-state index in [0.29, 0.717) is 17.9 Å². The maximum Gasteiger partial charge on any atom is 0.152 e. The monoisotopic (exact) mass is 241 g/mol. The van der Waals surface area contributed by atoms with Crippen molar-refractivity contribution < 1.29 is 9.53 Å². The van der Waals surface area contributed by atoms with Gasteiger partial charge < -0.3 is 4.74 Å². The standard InChI is InChI=1S/C15H15NO2/c1-11-14(9-17)8-16-12(2)15(11)18-10-13-6-4-3-5-7-13/h3-9H,10H2,1-2H3. The number of hydrogen-bond acceptors (Lipinski definition) is 3. The molecule has 0 spiro atoms. The maximum atomic E-state index is 10.9. The van der Waals surface area contributed by atoms with E-state index in [0.717, 1.165) is 23.1 Å². The Kier molecular flexibility index (Phi) is 3.72. The zero-order valence-electron chi connectivity index (χ0n) is 10.5. The van der Waals surface area contributed by atoms with E-state index in [1.807, 2.05) is 44.2 Å².